The highest BCUT2D eigenvalue weighted by atomic mass is 16.2. The molecule has 0 fully saturated rings. The van der Waals surface area contributed by atoms with Gasteiger partial charge in [0.25, 0.3) is 0 Å². The molecule has 0 bridgehead atoms. The molecule has 1 aromatic carbocycles. The monoisotopic (exact) mass is 315 g/mol. The summed E-state index contributed by atoms with van der Waals surface area (Å²) >= 11 is 0. The maximum atomic E-state index is 12.6. The smallest absolute Gasteiger partial charge is 0.237 e. The van der Waals surface area contributed by atoms with Gasteiger partial charge >= 0.3 is 0 Å². The maximum Gasteiger partial charge on any atom is 0.237 e. The number of carbonyl (C=O) groups excluding carboxylic acids is 3. The van der Waals surface area contributed by atoms with Crippen LogP contribution in [0, 0.1) is 0 Å². The zero-order chi connectivity index (χ0) is 17.0. The fourth-order valence-corrected chi connectivity index (χ4v) is 3.30. The molecule has 23 heavy (non-hydrogen) atoms. The average molecular weight is 315 g/mol. The highest BCUT2D eigenvalue weighted by Crippen LogP contribution is 2.43. The third-order valence-electron chi connectivity index (χ3n) is 4.74. The van der Waals surface area contributed by atoms with Gasteiger partial charge in [-0.1, -0.05) is 25.1 Å². The van der Waals surface area contributed by atoms with Gasteiger partial charge in [-0.15, -0.1) is 0 Å². The van der Waals surface area contributed by atoms with E-state index in [-0.39, 0.29) is 23.9 Å². The fourth-order valence-electron chi connectivity index (χ4n) is 3.30. The van der Waals surface area contributed by atoms with Crippen molar-refractivity contribution < 1.29 is 14.4 Å². The van der Waals surface area contributed by atoms with Crippen LogP contribution in [0.4, 0.5) is 5.69 Å². The van der Waals surface area contributed by atoms with E-state index in [1.54, 1.807) is 11.9 Å². The van der Waals surface area contributed by atoms with E-state index in [0.717, 1.165) is 17.7 Å². The number of fused-ring (bicyclic) bond motifs is 1. The molecule has 1 aromatic rings. The largest absolute Gasteiger partial charge is 0.314 e. The van der Waals surface area contributed by atoms with Crippen molar-refractivity contribution in [3.8, 4) is 0 Å². The van der Waals surface area contributed by atoms with Gasteiger partial charge in [-0.25, -0.2) is 0 Å². The van der Waals surface area contributed by atoms with Gasteiger partial charge in [-0.05, 0) is 31.4 Å². The Kier molecular flexibility index (Phi) is 5.34. The standard InChI is InChI=1S/C19H25NO3/c1-4-14(21)9-5-6-10-15(22)13-19(2)16-11-7-8-12-17(16)20(3)18(19)23/h7-8,11-12H,4-6,9-10,13H2,1-3H3. The van der Waals surface area contributed by atoms with Crippen LogP contribution in [-0.2, 0) is 19.8 Å². The molecular weight excluding hydrogens is 290 g/mol. The van der Waals surface area contributed by atoms with Crippen LogP contribution in [0.2, 0.25) is 0 Å². The Bertz CT molecular complexity index is 623. The van der Waals surface area contributed by atoms with Crippen LogP contribution >= 0.6 is 0 Å². The average Bonchev–Trinajstić information content (AvgIpc) is 2.73. The second kappa shape index (κ2) is 7.07. The molecule has 4 heteroatoms. The van der Waals surface area contributed by atoms with Crippen molar-refractivity contribution in [1.82, 2.24) is 0 Å². The first-order valence-electron chi connectivity index (χ1n) is 8.31. The molecule has 1 unspecified atom stereocenters. The summed E-state index contributed by atoms with van der Waals surface area (Å²) in [5.74, 6) is 0.314. The number of nitrogens with zero attached hydrogens (tertiary/aromatic N) is 1. The van der Waals surface area contributed by atoms with E-state index >= 15 is 0 Å². The summed E-state index contributed by atoms with van der Waals surface area (Å²) in [4.78, 5) is 37.8. The molecular formula is C19H25NO3. The Morgan fingerprint density at radius 1 is 1.09 bits per heavy atom. The lowest BCUT2D eigenvalue weighted by molar-refractivity contribution is -0.128. The Morgan fingerprint density at radius 3 is 2.35 bits per heavy atom. The number of unbranched alkanes of at least 4 members (excludes halogenated alkanes) is 1. The Labute approximate surface area is 137 Å². The number of hydrogen-bond acceptors (Lipinski definition) is 3. The molecule has 0 aromatic heterocycles. The van der Waals surface area contributed by atoms with Crippen molar-refractivity contribution in [1.29, 1.82) is 0 Å². The van der Waals surface area contributed by atoms with E-state index in [1.165, 1.54) is 0 Å². The Hall–Kier alpha value is -1.97. The van der Waals surface area contributed by atoms with Crippen molar-refractivity contribution in [2.75, 3.05) is 11.9 Å². The molecule has 0 spiro atoms. The number of amides is 1. The first kappa shape index (κ1) is 17.4. The van der Waals surface area contributed by atoms with Crippen LogP contribution in [-0.4, -0.2) is 24.5 Å². The zero-order valence-corrected chi connectivity index (χ0v) is 14.2. The van der Waals surface area contributed by atoms with E-state index in [2.05, 4.69) is 0 Å². The van der Waals surface area contributed by atoms with Crippen molar-refractivity contribution in [3.63, 3.8) is 0 Å². The molecule has 1 atom stereocenters. The molecule has 0 N–H and O–H groups in total. The zero-order valence-electron chi connectivity index (χ0n) is 14.2. The molecule has 1 amide bonds. The molecule has 0 saturated heterocycles. The molecule has 0 aliphatic carbocycles. The van der Waals surface area contributed by atoms with Crippen molar-refractivity contribution in [3.05, 3.63) is 29.8 Å². The number of benzene rings is 1. The van der Waals surface area contributed by atoms with Gasteiger partial charge in [0.05, 0.1) is 5.41 Å². The summed E-state index contributed by atoms with van der Waals surface area (Å²) in [6.07, 6.45) is 3.24. The van der Waals surface area contributed by atoms with Gasteiger partial charge in [0.15, 0.2) is 0 Å². The summed E-state index contributed by atoms with van der Waals surface area (Å²) < 4.78 is 0. The van der Waals surface area contributed by atoms with Gasteiger partial charge in [0.1, 0.15) is 11.6 Å². The minimum Gasteiger partial charge on any atom is -0.314 e. The second-order valence-electron chi connectivity index (χ2n) is 6.53. The van der Waals surface area contributed by atoms with Crippen LogP contribution < -0.4 is 4.90 Å². The molecule has 0 saturated carbocycles. The predicted octanol–water partition coefficient (Wildman–Crippen LogP) is 3.42. The molecule has 1 aliphatic rings. The number of para-hydroxylation sites is 1. The van der Waals surface area contributed by atoms with Crippen LogP contribution in [0.5, 0.6) is 0 Å². The SMILES string of the molecule is CCC(=O)CCCCC(=O)CC1(C)C(=O)N(C)c2ccccc21. The van der Waals surface area contributed by atoms with E-state index < -0.39 is 5.41 Å². The van der Waals surface area contributed by atoms with Gasteiger partial charge in [0, 0.05) is 38.4 Å². The molecule has 1 aliphatic heterocycles. The molecule has 1 heterocycles. The summed E-state index contributed by atoms with van der Waals surface area (Å²) in [6.45, 7) is 3.71. The normalized spacial score (nSPS) is 19.8. The number of rotatable bonds is 8. The Balaban J connectivity index is 1.98. The topological polar surface area (TPSA) is 54.5 Å². The first-order valence-corrected chi connectivity index (χ1v) is 8.31. The fraction of sp³-hybridized carbons (Fsp3) is 0.526. The Morgan fingerprint density at radius 2 is 1.70 bits per heavy atom. The van der Waals surface area contributed by atoms with Crippen LogP contribution in [0.1, 0.15) is 57.9 Å². The lowest BCUT2D eigenvalue weighted by Gasteiger charge is -2.22. The minimum absolute atomic E-state index is 0.0202. The minimum atomic E-state index is -0.762. The number of Topliss-reactive ketones (excluding diaryl/α,β-unsaturated/α-hetero) is 2. The summed E-state index contributed by atoms with van der Waals surface area (Å²) in [7, 11) is 1.76. The quantitative estimate of drug-likeness (QED) is 0.691. The van der Waals surface area contributed by atoms with Gasteiger partial charge < -0.3 is 4.90 Å². The third kappa shape index (κ3) is 3.52. The highest BCUT2D eigenvalue weighted by Gasteiger charge is 2.46. The van der Waals surface area contributed by atoms with E-state index in [1.807, 2.05) is 38.1 Å². The second-order valence-corrected chi connectivity index (χ2v) is 6.53. The maximum absolute atomic E-state index is 12.6. The third-order valence-corrected chi connectivity index (χ3v) is 4.74. The predicted molar refractivity (Wildman–Crippen MR) is 90.6 cm³/mol. The molecule has 2 rings (SSSR count). The number of carbonyl (C=O) groups is 3. The van der Waals surface area contributed by atoms with Gasteiger partial charge in [0.2, 0.25) is 5.91 Å². The summed E-state index contributed by atoms with van der Waals surface area (Å²) in [5.41, 5.74) is 1.06. The van der Waals surface area contributed by atoms with Crippen LogP contribution in [0.3, 0.4) is 0 Å². The molecule has 124 valence electrons. The highest BCUT2D eigenvalue weighted by molar-refractivity contribution is 6.09. The lowest BCUT2D eigenvalue weighted by atomic mass is 9.78. The summed E-state index contributed by atoms with van der Waals surface area (Å²) in [6, 6.07) is 7.66. The number of hydrogen-bond donors (Lipinski definition) is 0. The first-order chi connectivity index (χ1) is 10.9. The van der Waals surface area contributed by atoms with E-state index in [4.69, 9.17) is 0 Å². The van der Waals surface area contributed by atoms with E-state index in [0.29, 0.717) is 25.7 Å². The molecule has 4 nitrogen and oxygen atoms in total. The summed E-state index contributed by atoms with van der Waals surface area (Å²) in [5, 5.41) is 0. The van der Waals surface area contributed by atoms with Crippen molar-refractivity contribution in [2.24, 2.45) is 0 Å². The van der Waals surface area contributed by atoms with Gasteiger partial charge in [-0.3, -0.25) is 14.4 Å². The van der Waals surface area contributed by atoms with Crippen LogP contribution in [0.15, 0.2) is 24.3 Å². The number of likely N-dealkylation sites (N-methyl/N-ethyl adjacent to an activating group) is 1. The van der Waals surface area contributed by atoms with Crippen molar-refractivity contribution in [2.45, 2.75) is 57.8 Å². The lowest BCUT2D eigenvalue weighted by Crippen LogP contribution is -2.37. The number of ketones is 2. The molecule has 0 radical (unpaired) electrons. The van der Waals surface area contributed by atoms with Gasteiger partial charge in [-0.2, -0.15) is 0 Å². The van der Waals surface area contributed by atoms with Crippen LogP contribution in [0.25, 0.3) is 0 Å². The number of anilines is 1. The van der Waals surface area contributed by atoms with E-state index in [9.17, 15) is 14.4 Å². The van der Waals surface area contributed by atoms with Crippen molar-refractivity contribution >= 4 is 23.2 Å².